The van der Waals surface area contributed by atoms with Gasteiger partial charge in [0.2, 0.25) is 0 Å². The van der Waals surface area contributed by atoms with E-state index < -0.39 is 5.97 Å². The Hall–Kier alpha value is -1.07. The maximum Gasteiger partial charge on any atom is 0.345 e. The van der Waals surface area contributed by atoms with Crippen molar-refractivity contribution in [2.24, 2.45) is 7.05 Å². The fourth-order valence-electron chi connectivity index (χ4n) is 1.11. The van der Waals surface area contributed by atoms with E-state index in [0.29, 0.717) is 10.5 Å². The van der Waals surface area contributed by atoms with Gasteiger partial charge in [-0.15, -0.1) is 11.3 Å². The third-order valence-electron chi connectivity index (χ3n) is 1.68. The predicted molar refractivity (Wildman–Crippen MR) is 50.6 cm³/mol. The number of thiophene rings is 1. The number of rotatable bonds is 1. The summed E-state index contributed by atoms with van der Waals surface area (Å²) in [5.41, 5.74) is 0. The standard InChI is InChI=1S/C7H5ClN2O2S/c1-10-6-3(5(8)9-10)2-4(13-6)7(11)12/h2H,1H3,(H,11,12). The second-order valence-corrected chi connectivity index (χ2v) is 3.94. The first-order valence-electron chi connectivity index (χ1n) is 3.45. The Morgan fingerprint density at radius 2 is 2.46 bits per heavy atom. The molecule has 0 amide bonds. The van der Waals surface area contributed by atoms with Crippen LogP contribution in [0.25, 0.3) is 10.2 Å². The Morgan fingerprint density at radius 3 is 3.00 bits per heavy atom. The second kappa shape index (κ2) is 2.71. The van der Waals surface area contributed by atoms with Crippen LogP contribution < -0.4 is 0 Å². The molecule has 2 heterocycles. The maximum atomic E-state index is 10.6. The minimum atomic E-state index is -0.933. The van der Waals surface area contributed by atoms with Crippen molar-refractivity contribution in [2.75, 3.05) is 0 Å². The van der Waals surface area contributed by atoms with Gasteiger partial charge in [0.1, 0.15) is 9.71 Å². The number of carboxylic acid groups (broad SMARTS) is 1. The number of hydrogen-bond acceptors (Lipinski definition) is 3. The first-order chi connectivity index (χ1) is 6.09. The number of aromatic carboxylic acids is 1. The van der Waals surface area contributed by atoms with Crippen LogP contribution in [0.15, 0.2) is 6.07 Å². The van der Waals surface area contributed by atoms with Crippen molar-refractivity contribution in [3.05, 3.63) is 16.1 Å². The number of fused-ring (bicyclic) bond motifs is 1. The van der Waals surface area contributed by atoms with Crippen molar-refractivity contribution in [3.8, 4) is 0 Å². The molecule has 0 aliphatic carbocycles. The van der Waals surface area contributed by atoms with Gasteiger partial charge in [-0.05, 0) is 6.07 Å². The molecule has 4 nitrogen and oxygen atoms in total. The Labute approximate surface area is 82.3 Å². The summed E-state index contributed by atoms with van der Waals surface area (Å²) in [6, 6.07) is 1.54. The molecule has 1 N–H and O–H groups in total. The van der Waals surface area contributed by atoms with Crippen LogP contribution in [0.1, 0.15) is 9.67 Å². The molecular formula is C7H5ClN2O2S. The van der Waals surface area contributed by atoms with Crippen LogP contribution in [-0.4, -0.2) is 20.9 Å². The number of halogens is 1. The van der Waals surface area contributed by atoms with Crippen LogP contribution in [0.3, 0.4) is 0 Å². The molecule has 68 valence electrons. The van der Waals surface area contributed by atoms with Crippen LogP contribution in [-0.2, 0) is 7.05 Å². The first kappa shape index (κ1) is 8.52. The van der Waals surface area contributed by atoms with Crippen molar-refractivity contribution in [1.29, 1.82) is 0 Å². The molecule has 0 atom stereocenters. The molecule has 2 rings (SSSR count). The first-order valence-corrected chi connectivity index (χ1v) is 4.64. The molecule has 6 heteroatoms. The molecular weight excluding hydrogens is 212 g/mol. The van der Waals surface area contributed by atoms with Gasteiger partial charge in [0.25, 0.3) is 0 Å². The predicted octanol–water partition coefficient (Wildman–Crippen LogP) is 1.99. The van der Waals surface area contributed by atoms with Crippen molar-refractivity contribution in [3.63, 3.8) is 0 Å². The summed E-state index contributed by atoms with van der Waals surface area (Å²) in [6.07, 6.45) is 0. The molecule has 0 radical (unpaired) electrons. The van der Waals surface area contributed by atoms with E-state index >= 15 is 0 Å². The summed E-state index contributed by atoms with van der Waals surface area (Å²) < 4.78 is 1.58. The topological polar surface area (TPSA) is 55.1 Å². The molecule has 0 bridgehead atoms. The highest BCUT2D eigenvalue weighted by Gasteiger charge is 2.14. The zero-order chi connectivity index (χ0) is 9.59. The van der Waals surface area contributed by atoms with Gasteiger partial charge >= 0.3 is 5.97 Å². The SMILES string of the molecule is Cn1nc(Cl)c2cc(C(=O)O)sc21. The number of hydrogen-bond donors (Lipinski definition) is 1. The minimum Gasteiger partial charge on any atom is -0.477 e. The van der Waals surface area contributed by atoms with E-state index in [4.69, 9.17) is 16.7 Å². The van der Waals surface area contributed by atoms with E-state index in [1.807, 2.05) is 0 Å². The van der Waals surface area contributed by atoms with Crippen molar-refractivity contribution in [2.45, 2.75) is 0 Å². The van der Waals surface area contributed by atoms with Crippen LogP contribution >= 0.6 is 22.9 Å². The Morgan fingerprint density at radius 1 is 1.77 bits per heavy atom. The number of aryl methyl sites for hydroxylation is 1. The largest absolute Gasteiger partial charge is 0.477 e. The maximum absolute atomic E-state index is 10.6. The van der Waals surface area contributed by atoms with Gasteiger partial charge in [0.15, 0.2) is 5.15 Å². The second-order valence-electron chi connectivity index (χ2n) is 2.55. The summed E-state index contributed by atoms with van der Waals surface area (Å²) in [4.78, 5) is 11.7. The highest BCUT2D eigenvalue weighted by molar-refractivity contribution is 7.20. The molecule has 0 fully saturated rings. The molecule has 0 aliphatic rings. The van der Waals surface area contributed by atoms with Gasteiger partial charge < -0.3 is 5.11 Å². The number of carboxylic acids is 1. The van der Waals surface area contributed by atoms with Crippen molar-refractivity contribution < 1.29 is 9.90 Å². The number of nitrogens with zero attached hydrogens (tertiary/aromatic N) is 2. The average molecular weight is 217 g/mol. The lowest BCUT2D eigenvalue weighted by Gasteiger charge is -1.86. The summed E-state index contributed by atoms with van der Waals surface area (Å²) in [7, 11) is 1.73. The lowest BCUT2D eigenvalue weighted by Crippen LogP contribution is -1.91. The molecule has 2 aromatic heterocycles. The minimum absolute atomic E-state index is 0.282. The van der Waals surface area contributed by atoms with Crippen LogP contribution in [0, 0.1) is 0 Å². The quantitative estimate of drug-likeness (QED) is 0.793. The third kappa shape index (κ3) is 1.20. The Kier molecular flexibility index (Phi) is 1.78. The summed E-state index contributed by atoms with van der Waals surface area (Å²) in [5.74, 6) is -0.933. The monoisotopic (exact) mass is 216 g/mol. The zero-order valence-corrected chi connectivity index (χ0v) is 8.19. The van der Waals surface area contributed by atoms with Gasteiger partial charge in [-0.1, -0.05) is 11.6 Å². The molecule has 0 spiro atoms. The lowest BCUT2D eigenvalue weighted by molar-refractivity contribution is 0.0702. The van der Waals surface area contributed by atoms with E-state index in [1.165, 1.54) is 17.4 Å². The number of aromatic nitrogens is 2. The normalized spacial score (nSPS) is 10.9. The van der Waals surface area contributed by atoms with Gasteiger partial charge in [-0.2, -0.15) is 5.10 Å². The number of carbonyl (C=O) groups is 1. The molecule has 2 aromatic rings. The smallest absolute Gasteiger partial charge is 0.345 e. The van der Waals surface area contributed by atoms with Crippen LogP contribution in [0.5, 0.6) is 0 Å². The van der Waals surface area contributed by atoms with Crippen molar-refractivity contribution in [1.82, 2.24) is 9.78 Å². The van der Waals surface area contributed by atoms with Crippen molar-refractivity contribution >= 4 is 39.1 Å². The molecule has 13 heavy (non-hydrogen) atoms. The lowest BCUT2D eigenvalue weighted by atomic mass is 10.4. The van der Waals surface area contributed by atoms with E-state index in [0.717, 1.165) is 4.83 Å². The van der Waals surface area contributed by atoms with Gasteiger partial charge in [0, 0.05) is 7.05 Å². The summed E-state index contributed by atoms with van der Waals surface area (Å²) in [5, 5.41) is 13.7. The molecule has 0 unspecified atom stereocenters. The third-order valence-corrected chi connectivity index (χ3v) is 3.15. The highest BCUT2D eigenvalue weighted by atomic mass is 35.5. The fourth-order valence-corrected chi connectivity index (χ4v) is 2.33. The Bertz CT molecular complexity index is 453. The van der Waals surface area contributed by atoms with Gasteiger partial charge in [0.05, 0.1) is 5.39 Å². The highest BCUT2D eigenvalue weighted by Crippen LogP contribution is 2.30. The van der Waals surface area contributed by atoms with Crippen LogP contribution in [0.4, 0.5) is 0 Å². The van der Waals surface area contributed by atoms with Crippen LogP contribution in [0.2, 0.25) is 5.15 Å². The molecule has 0 aliphatic heterocycles. The van der Waals surface area contributed by atoms with E-state index in [9.17, 15) is 4.79 Å². The zero-order valence-electron chi connectivity index (χ0n) is 6.61. The molecule has 0 aromatic carbocycles. The fraction of sp³-hybridized carbons (Fsp3) is 0.143. The Balaban J connectivity index is 2.76. The van der Waals surface area contributed by atoms with E-state index in [1.54, 1.807) is 11.7 Å². The average Bonchev–Trinajstić information content (AvgIpc) is 2.55. The summed E-state index contributed by atoms with van der Waals surface area (Å²) >= 11 is 6.95. The van der Waals surface area contributed by atoms with E-state index in [-0.39, 0.29) is 4.88 Å². The van der Waals surface area contributed by atoms with Gasteiger partial charge in [-0.25, -0.2) is 4.79 Å². The van der Waals surface area contributed by atoms with E-state index in [2.05, 4.69) is 5.10 Å². The summed E-state index contributed by atoms with van der Waals surface area (Å²) in [6.45, 7) is 0. The van der Waals surface area contributed by atoms with Gasteiger partial charge in [-0.3, -0.25) is 4.68 Å². The molecule has 0 saturated heterocycles. The molecule has 0 saturated carbocycles.